The molecule has 1 heterocycles. The Morgan fingerprint density at radius 3 is 2.30 bits per heavy atom. The third-order valence-electron chi connectivity index (χ3n) is 3.21. The van der Waals surface area contributed by atoms with Crippen LogP contribution in [0, 0.1) is 0 Å². The van der Waals surface area contributed by atoms with Gasteiger partial charge in [0.2, 0.25) is 5.76 Å². The number of carbonyl (C=O) groups excluding carboxylic acids is 2. The Bertz CT molecular complexity index is 784. The van der Waals surface area contributed by atoms with Crippen LogP contribution >= 0.6 is 11.3 Å². The van der Waals surface area contributed by atoms with E-state index in [1.165, 1.54) is 18.3 Å². The van der Waals surface area contributed by atoms with Crippen LogP contribution in [0.5, 0.6) is 0 Å². The van der Waals surface area contributed by atoms with Crippen molar-refractivity contribution >= 4 is 28.9 Å². The molecule has 0 bridgehead atoms. The fourth-order valence-corrected chi connectivity index (χ4v) is 2.85. The highest BCUT2D eigenvalue weighted by atomic mass is 32.1. The molecule has 1 aromatic carbocycles. The zero-order valence-corrected chi connectivity index (χ0v) is 13.1. The predicted octanol–water partition coefficient (Wildman–Crippen LogP) is 3.25. The van der Waals surface area contributed by atoms with Crippen LogP contribution in [-0.2, 0) is 11.2 Å². The molecule has 1 aromatic heterocycles. The van der Waals surface area contributed by atoms with E-state index in [2.05, 4.69) is 0 Å². The zero-order valence-electron chi connectivity index (χ0n) is 12.3. The molecule has 0 fully saturated rings. The summed E-state index contributed by atoms with van der Waals surface area (Å²) in [5.74, 6) is -3.09. The molecule has 5 nitrogen and oxygen atoms in total. The van der Waals surface area contributed by atoms with Gasteiger partial charge >= 0.3 is 5.97 Å². The van der Waals surface area contributed by atoms with Gasteiger partial charge < -0.3 is 10.2 Å². The fraction of sp³-hybridized carbons (Fsp3) is 0.118. The molecule has 2 aromatic rings. The maximum atomic E-state index is 12.0. The zero-order chi connectivity index (χ0) is 17.0. The number of Topliss-reactive ketones (excluding diaryl/α,β-unsaturated/α-hetero) is 1. The average molecular weight is 330 g/mol. The van der Waals surface area contributed by atoms with E-state index in [0.29, 0.717) is 22.9 Å². The van der Waals surface area contributed by atoms with Gasteiger partial charge in [0.1, 0.15) is 0 Å². The van der Waals surface area contributed by atoms with E-state index in [0.717, 1.165) is 11.1 Å². The lowest BCUT2D eigenvalue weighted by molar-refractivity contribution is -0.135. The first-order chi connectivity index (χ1) is 10.9. The first-order valence-corrected chi connectivity index (χ1v) is 7.61. The molecule has 2 N–H and O–H groups in total. The van der Waals surface area contributed by atoms with Crippen LogP contribution < -0.4 is 0 Å². The highest BCUT2D eigenvalue weighted by Crippen LogP contribution is 2.22. The number of ketones is 2. The minimum atomic E-state index is -1.55. The molecule has 0 spiro atoms. The number of carbonyl (C=O) groups is 3. The Balaban J connectivity index is 2.21. The molecule has 23 heavy (non-hydrogen) atoms. The number of carboxylic acids is 1. The van der Waals surface area contributed by atoms with Gasteiger partial charge in [0.05, 0.1) is 4.88 Å². The van der Waals surface area contributed by atoms with Crippen molar-refractivity contribution in [2.75, 3.05) is 0 Å². The summed E-state index contributed by atoms with van der Waals surface area (Å²) < 4.78 is 0. The van der Waals surface area contributed by atoms with E-state index in [4.69, 9.17) is 5.11 Å². The molecule has 0 unspecified atom stereocenters. The number of thiophene rings is 1. The van der Waals surface area contributed by atoms with Gasteiger partial charge in [0.15, 0.2) is 11.6 Å². The molecule has 0 amide bonds. The monoisotopic (exact) mass is 330 g/mol. The summed E-state index contributed by atoms with van der Waals surface area (Å²) in [5, 5.41) is 19.5. The Morgan fingerprint density at radius 2 is 1.74 bits per heavy atom. The van der Waals surface area contributed by atoms with Gasteiger partial charge in [-0.05, 0) is 35.9 Å². The number of aliphatic hydroxyl groups excluding tert-OH is 1. The number of allylic oxidation sites excluding steroid dienone is 1. The summed E-state index contributed by atoms with van der Waals surface area (Å²) in [6.07, 6.45) is 1.18. The first-order valence-electron chi connectivity index (χ1n) is 6.73. The predicted molar refractivity (Wildman–Crippen MR) is 86.2 cm³/mol. The fourth-order valence-electron chi connectivity index (χ4n) is 2.02. The van der Waals surface area contributed by atoms with Crippen LogP contribution in [0.2, 0.25) is 0 Å². The molecular formula is C17H14O5S. The maximum Gasteiger partial charge on any atom is 0.371 e. The molecule has 0 aliphatic heterocycles. The standard InChI is InChI=1S/C17H14O5S/c1-10(18)12-4-2-11(3-5-12)8-13-6-7-23-16(13)14(19)9-15(20)17(21)22/h2-7,9,20H,8H2,1H3,(H,21,22). The lowest BCUT2D eigenvalue weighted by Gasteiger charge is -2.03. The molecule has 0 aliphatic carbocycles. The second-order valence-electron chi connectivity index (χ2n) is 4.90. The van der Waals surface area contributed by atoms with E-state index in [9.17, 15) is 19.5 Å². The van der Waals surface area contributed by atoms with E-state index < -0.39 is 17.5 Å². The number of hydrogen-bond acceptors (Lipinski definition) is 5. The highest BCUT2D eigenvalue weighted by Gasteiger charge is 2.15. The lowest BCUT2D eigenvalue weighted by atomic mass is 10.0. The van der Waals surface area contributed by atoms with Crippen molar-refractivity contribution in [3.8, 4) is 0 Å². The van der Waals surface area contributed by atoms with E-state index in [-0.39, 0.29) is 5.78 Å². The van der Waals surface area contributed by atoms with Crippen LogP contribution in [0.4, 0.5) is 0 Å². The smallest absolute Gasteiger partial charge is 0.371 e. The number of hydrogen-bond donors (Lipinski definition) is 2. The molecule has 118 valence electrons. The SMILES string of the molecule is CC(=O)c1ccc(Cc2ccsc2C(=O)C=C(O)C(=O)O)cc1. The topological polar surface area (TPSA) is 91.7 Å². The third kappa shape index (κ3) is 4.14. The Hall–Kier alpha value is -2.73. The van der Waals surface area contributed by atoms with Gasteiger partial charge in [0.25, 0.3) is 0 Å². The first kappa shape index (κ1) is 16.6. The van der Waals surface area contributed by atoms with Gasteiger partial charge in [-0.3, -0.25) is 9.59 Å². The van der Waals surface area contributed by atoms with E-state index in [1.807, 2.05) is 12.1 Å². The van der Waals surface area contributed by atoms with Crippen LogP contribution in [0.3, 0.4) is 0 Å². The summed E-state index contributed by atoms with van der Waals surface area (Å²) in [4.78, 5) is 34.3. The van der Waals surface area contributed by atoms with Crippen LogP contribution in [0.25, 0.3) is 0 Å². The number of benzene rings is 1. The quantitative estimate of drug-likeness (QED) is 0.482. The molecule has 0 atom stereocenters. The number of rotatable bonds is 6. The van der Waals surface area contributed by atoms with Crippen LogP contribution in [-0.4, -0.2) is 27.7 Å². The summed E-state index contributed by atoms with van der Waals surface area (Å²) in [5.41, 5.74) is 2.28. The number of carboxylic acid groups (broad SMARTS) is 1. The Kier molecular flexibility index (Phi) is 5.08. The highest BCUT2D eigenvalue weighted by molar-refractivity contribution is 7.12. The second-order valence-corrected chi connectivity index (χ2v) is 5.82. The number of aliphatic hydroxyl groups is 1. The molecule has 0 saturated heterocycles. The van der Waals surface area contributed by atoms with E-state index >= 15 is 0 Å². The summed E-state index contributed by atoms with van der Waals surface area (Å²) >= 11 is 1.19. The van der Waals surface area contributed by atoms with Gasteiger partial charge in [-0.25, -0.2) is 4.79 Å². The normalized spacial score (nSPS) is 11.3. The van der Waals surface area contributed by atoms with Crippen molar-refractivity contribution in [3.63, 3.8) is 0 Å². The molecular weight excluding hydrogens is 316 g/mol. The van der Waals surface area contributed by atoms with Gasteiger partial charge in [-0.15, -0.1) is 11.3 Å². The summed E-state index contributed by atoms with van der Waals surface area (Å²) in [7, 11) is 0. The number of aliphatic carboxylic acids is 1. The summed E-state index contributed by atoms with van der Waals surface area (Å²) in [6, 6.07) is 8.85. The van der Waals surface area contributed by atoms with Crippen LogP contribution in [0.15, 0.2) is 47.5 Å². The Morgan fingerprint density at radius 1 is 1.09 bits per heavy atom. The molecule has 6 heteroatoms. The largest absolute Gasteiger partial charge is 0.502 e. The average Bonchev–Trinajstić information content (AvgIpc) is 2.95. The molecule has 2 rings (SSSR count). The second kappa shape index (κ2) is 7.02. The minimum Gasteiger partial charge on any atom is -0.502 e. The lowest BCUT2D eigenvalue weighted by Crippen LogP contribution is -2.04. The molecule has 0 saturated carbocycles. The van der Waals surface area contributed by atoms with Crippen molar-refractivity contribution in [2.24, 2.45) is 0 Å². The summed E-state index contributed by atoms with van der Waals surface area (Å²) in [6.45, 7) is 1.49. The molecule has 0 aliphatic rings. The van der Waals surface area contributed by atoms with E-state index in [1.54, 1.807) is 23.6 Å². The van der Waals surface area contributed by atoms with Crippen molar-refractivity contribution in [1.29, 1.82) is 0 Å². The van der Waals surface area contributed by atoms with Crippen molar-refractivity contribution < 1.29 is 24.6 Å². The van der Waals surface area contributed by atoms with Crippen molar-refractivity contribution in [1.82, 2.24) is 0 Å². The molecule has 0 radical (unpaired) electrons. The van der Waals surface area contributed by atoms with Crippen LogP contribution in [0.1, 0.15) is 38.1 Å². The minimum absolute atomic E-state index is 0.0165. The van der Waals surface area contributed by atoms with Crippen molar-refractivity contribution in [2.45, 2.75) is 13.3 Å². The van der Waals surface area contributed by atoms with Gasteiger partial charge in [-0.1, -0.05) is 24.3 Å². The van der Waals surface area contributed by atoms with Gasteiger partial charge in [0, 0.05) is 11.6 Å². The third-order valence-corrected chi connectivity index (χ3v) is 4.18. The van der Waals surface area contributed by atoms with Gasteiger partial charge in [-0.2, -0.15) is 0 Å². The van der Waals surface area contributed by atoms with Crippen molar-refractivity contribution in [3.05, 3.63) is 69.1 Å². The maximum absolute atomic E-state index is 12.0. The Labute approximate surface area is 136 Å².